The first-order chi connectivity index (χ1) is 12.1. The largest absolute Gasteiger partial charge is 0.493 e. The maximum Gasteiger partial charge on any atom is 0.347 e. The molecule has 3 aromatic rings. The molecule has 1 aromatic carbocycles. The zero-order valence-corrected chi connectivity index (χ0v) is 14.4. The van der Waals surface area contributed by atoms with Crippen molar-refractivity contribution in [1.29, 1.82) is 0 Å². The number of carbonyl (C=O) groups is 1. The number of hydrogen-bond acceptors (Lipinski definition) is 6. The Morgan fingerprint density at radius 2 is 2.28 bits per heavy atom. The first kappa shape index (κ1) is 15.8. The summed E-state index contributed by atoms with van der Waals surface area (Å²) in [6.45, 7) is 2.40. The predicted molar refractivity (Wildman–Crippen MR) is 93.0 cm³/mol. The van der Waals surface area contributed by atoms with Crippen molar-refractivity contribution in [1.82, 2.24) is 9.97 Å². The van der Waals surface area contributed by atoms with Gasteiger partial charge in [0.25, 0.3) is 0 Å². The molecule has 128 valence electrons. The summed E-state index contributed by atoms with van der Waals surface area (Å²) >= 11 is 1.16. The van der Waals surface area contributed by atoms with Crippen LogP contribution in [0.2, 0.25) is 0 Å². The molecule has 1 aliphatic carbocycles. The van der Waals surface area contributed by atoms with E-state index in [1.165, 1.54) is 19.2 Å². The maximum absolute atomic E-state index is 11.3. The molecular formula is C18H16N2O4S. The normalized spacial score (nSPS) is 13.8. The Bertz CT molecular complexity index is 913. The van der Waals surface area contributed by atoms with Crippen molar-refractivity contribution < 1.29 is 19.1 Å². The van der Waals surface area contributed by atoms with Crippen LogP contribution < -0.4 is 4.74 Å². The number of hydrogen-bond donors (Lipinski definition) is 1. The first-order valence-corrected chi connectivity index (χ1v) is 8.80. The third kappa shape index (κ3) is 3.28. The number of rotatable bonds is 6. The van der Waals surface area contributed by atoms with E-state index in [9.17, 15) is 9.90 Å². The molecule has 1 saturated carbocycles. The van der Waals surface area contributed by atoms with Crippen molar-refractivity contribution in [2.45, 2.75) is 19.8 Å². The Balaban J connectivity index is 1.72. The molecule has 0 spiro atoms. The molecule has 0 saturated heterocycles. The fourth-order valence-electron chi connectivity index (χ4n) is 2.54. The Morgan fingerprint density at radius 1 is 1.44 bits per heavy atom. The summed E-state index contributed by atoms with van der Waals surface area (Å²) in [5.74, 6) is 1.03. The lowest BCUT2D eigenvalue weighted by molar-refractivity contribution is 0.0701. The van der Waals surface area contributed by atoms with Crippen molar-refractivity contribution in [2.24, 2.45) is 5.92 Å². The van der Waals surface area contributed by atoms with E-state index >= 15 is 0 Å². The lowest BCUT2D eigenvalue weighted by atomic mass is 10.1. The highest BCUT2D eigenvalue weighted by molar-refractivity contribution is 7.17. The van der Waals surface area contributed by atoms with Crippen LogP contribution in [-0.2, 0) is 0 Å². The second-order valence-corrected chi connectivity index (χ2v) is 7.07. The van der Waals surface area contributed by atoms with Crippen molar-refractivity contribution in [2.75, 3.05) is 6.61 Å². The molecule has 2 aromatic heterocycles. The van der Waals surface area contributed by atoms with Gasteiger partial charge in [-0.2, -0.15) is 0 Å². The molecule has 1 aliphatic rings. The highest BCUT2D eigenvalue weighted by Crippen LogP contribution is 2.37. The van der Waals surface area contributed by atoms with Gasteiger partial charge in [0.1, 0.15) is 15.6 Å². The van der Waals surface area contributed by atoms with Crippen LogP contribution in [0.3, 0.4) is 0 Å². The molecular weight excluding hydrogens is 340 g/mol. The van der Waals surface area contributed by atoms with Gasteiger partial charge in [-0.1, -0.05) is 0 Å². The molecule has 0 radical (unpaired) electrons. The van der Waals surface area contributed by atoms with Gasteiger partial charge in [0.15, 0.2) is 12.2 Å². The van der Waals surface area contributed by atoms with Crippen molar-refractivity contribution in [3.05, 3.63) is 41.4 Å². The van der Waals surface area contributed by atoms with Gasteiger partial charge in [-0.3, -0.25) is 0 Å². The predicted octanol–water partition coefficient (Wildman–Crippen LogP) is 4.26. The number of benzene rings is 1. The lowest BCUT2D eigenvalue weighted by Crippen LogP contribution is -2.00. The molecule has 0 bridgehead atoms. The van der Waals surface area contributed by atoms with Crippen LogP contribution in [0.1, 0.15) is 28.2 Å². The maximum atomic E-state index is 11.3. The minimum absolute atomic E-state index is 0.255. The molecule has 7 heteroatoms. The molecule has 0 aliphatic heterocycles. The monoisotopic (exact) mass is 356 g/mol. The van der Waals surface area contributed by atoms with E-state index in [1.807, 2.05) is 18.2 Å². The molecule has 6 nitrogen and oxygen atoms in total. The van der Waals surface area contributed by atoms with E-state index in [0.29, 0.717) is 29.0 Å². The number of oxazole rings is 1. The van der Waals surface area contributed by atoms with Gasteiger partial charge in [-0.05, 0) is 43.9 Å². The standard InChI is InChI=1S/C18H16N2O4S/c1-10-16(18(21)22)25-17(20-10)12-4-5-14(23-8-11-2-3-11)13(6-12)15-7-19-9-24-15/h4-7,9,11H,2-3,8H2,1H3,(H,21,22). The summed E-state index contributed by atoms with van der Waals surface area (Å²) in [5.41, 5.74) is 2.13. The average molecular weight is 356 g/mol. The number of aromatic nitrogens is 2. The number of carboxylic acids is 1. The summed E-state index contributed by atoms with van der Waals surface area (Å²) in [4.78, 5) is 19.9. The van der Waals surface area contributed by atoms with Crippen molar-refractivity contribution >= 4 is 17.3 Å². The van der Waals surface area contributed by atoms with Crippen molar-refractivity contribution in [3.63, 3.8) is 0 Å². The Kier molecular flexibility index (Phi) is 4.01. The van der Waals surface area contributed by atoms with E-state index < -0.39 is 5.97 Å². The topological polar surface area (TPSA) is 85.5 Å². The third-order valence-corrected chi connectivity index (χ3v) is 5.28. The third-order valence-electron chi connectivity index (χ3n) is 4.09. The smallest absolute Gasteiger partial charge is 0.347 e. The van der Waals surface area contributed by atoms with Crippen LogP contribution in [0.4, 0.5) is 0 Å². The molecule has 1 N–H and O–H groups in total. The highest BCUT2D eigenvalue weighted by atomic mass is 32.1. The molecule has 0 amide bonds. The number of aromatic carboxylic acids is 1. The summed E-state index contributed by atoms with van der Waals surface area (Å²) < 4.78 is 11.4. The quantitative estimate of drug-likeness (QED) is 0.710. The van der Waals surface area contributed by atoms with Gasteiger partial charge >= 0.3 is 5.97 Å². The fraction of sp³-hybridized carbons (Fsp3) is 0.278. The zero-order chi connectivity index (χ0) is 17.4. The molecule has 2 heterocycles. The Morgan fingerprint density at radius 3 is 2.92 bits per heavy atom. The minimum atomic E-state index is -0.957. The number of aryl methyl sites for hydroxylation is 1. The number of ether oxygens (including phenoxy) is 1. The minimum Gasteiger partial charge on any atom is -0.493 e. The van der Waals surface area contributed by atoms with E-state index in [2.05, 4.69) is 9.97 Å². The van der Waals surface area contributed by atoms with Gasteiger partial charge in [-0.15, -0.1) is 11.3 Å². The molecule has 4 rings (SSSR count). The zero-order valence-electron chi connectivity index (χ0n) is 13.6. The second-order valence-electron chi connectivity index (χ2n) is 6.07. The number of thiazole rings is 1. The van der Waals surface area contributed by atoms with Crippen LogP contribution in [0.15, 0.2) is 35.2 Å². The van der Waals surface area contributed by atoms with Gasteiger partial charge in [-0.25, -0.2) is 14.8 Å². The Hall–Kier alpha value is -2.67. The van der Waals surface area contributed by atoms with Crippen LogP contribution in [0.5, 0.6) is 5.75 Å². The molecule has 0 unspecified atom stereocenters. The van der Waals surface area contributed by atoms with E-state index in [0.717, 1.165) is 28.2 Å². The molecule has 25 heavy (non-hydrogen) atoms. The summed E-state index contributed by atoms with van der Waals surface area (Å²) in [5, 5.41) is 9.89. The fourth-order valence-corrected chi connectivity index (χ4v) is 3.44. The number of carboxylic acid groups (broad SMARTS) is 1. The lowest BCUT2D eigenvalue weighted by Gasteiger charge is -2.10. The van der Waals surface area contributed by atoms with E-state index in [4.69, 9.17) is 9.15 Å². The van der Waals surface area contributed by atoms with Crippen LogP contribution in [0.25, 0.3) is 21.9 Å². The summed E-state index contributed by atoms with van der Waals surface area (Å²) in [7, 11) is 0. The number of nitrogens with zero attached hydrogens (tertiary/aromatic N) is 2. The molecule has 1 fully saturated rings. The SMILES string of the molecule is Cc1nc(-c2ccc(OCC3CC3)c(-c3cnco3)c2)sc1C(=O)O. The van der Waals surface area contributed by atoms with Crippen LogP contribution in [-0.4, -0.2) is 27.7 Å². The van der Waals surface area contributed by atoms with Crippen LogP contribution >= 0.6 is 11.3 Å². The summed E-state index contributed by atoms with van der Waals surface area (Å²) in [6, 6.07) is 5.69. The van der Waals surface area contributed by atoms with E-state index in [-0.39, 0.29) is 4.88 Å². The van der Waals surface area contributed by atoms with Crippen molar-refractivity contribution in [3.8, 4) is 27.6 Å². The van der Waals surface area contributed by atoms with Crippen LogP contribution in [0, 0.1) is 12.8 Å². The van der Waals surface area contributed by atoms with Gasteiger partial charge < -0.3 is 14.3 Å². The Labute approximate surface area is 148 Å². The average Bonchev–Trinajstić information content (AvgIpc) is 3.10. The second kappa shape index (κ2) is 6.33. The first-order valence-electron chi connectivity index (χ1n) is 7.98. The van der Waals surface area contributed by atoms with E-state index in [1.54, 1.807) is 13.1 Å². The van der Waals surface area contributed by atoms with Gasteiger partial charge in [0.05, 0.1) is 24.1 Å². The molecule has 0 atom stereocenters. The van der Waals surface area contributed by atoms with Gasteiger partial charge in [0, 0.05) is 5.56 Å². The highest BCUT2D eigenvalue weighted by Gasteiger charge is 2.23. The summed E-state index contributed by atoms with van der Waals surface area (Å²) in [6.07, 6.45) is 5.44. The van der Waals surface area contributed by atoms with Gasteiger partial charge in [0.2, 0.25) is 0 Å².